The molecule has 0 N–H and O–H groups in total. The number of hydrogen-bond acceptors (Lipinski definition) is 5. The van der Waals surface area contributed by atoms with Crippen LogP contribution in [-0.4, -0.2) is 68.1 Å². The molecule has 7 heteroatoms. The third-order valence-corrected chi connectivity index (χ3v) is 6.52. The lowest BCUT2D eigenvalue weighted by atomic mass is 10.0. The first-order chi connectivity index (χ1) is 15.9. The molecule has 174 valence electrons. The summed E-state index contributed by atoms with van der Waals surface area (Å²) in [5, 5.41) is 0. The molecule has 6 nitrogen and oxygen atoms in total. The number of hydrogen-bond donors (Lipinski definition) is 0. The van der Waals surface area contributed by atoms with Crippen LogP contribution < -0.4 is 4.90 Å². The quantitative estimate of drug-likeness (QED) is 0.477. The van der Waals surface area contributed by atoms with Gasteiger partial charge in [-0.2, -0.15) is 0 Å². The topological polar surface area (TPSA) is 53.1 Å². The van der Waals surface area contributed by atoms with Crippen LogP contribution in [0, 0.1) is 19.7 Å². The summed E-state index contributed by atoms with van der Waals surface area (Å²) in [5.74, 6) is -0.984. The number of rotatable bonds is 7. The highest BCUT2D eigenvalue weighted by Crippen LogP contribution is 2.33. The molecule has 2 aliphatic rings. The fraction of sp³-hybridized carbons (Fsp3) is 0.385. The van der Waals surface area contributed by atoms with Crippen molar-refractivity contribution in [2.75, 3.05) is 51.3 Å². The van der Waals surface area contributed by atoms with Crippen LogP contribution in [0.3, 0.4) is 0 Å². The van der Waals surface area contributed by atoms with Crippen LogP contribution in [0.4, 0.5) is 10.1 Å². The summed E-state index contributed by atoms with van der Waals surface area (Å²) in [6.07, 6.45) is 0.568. The minimum atomic E-state index is -0.378. The molecule has 0 aliphatic carbocycles. The first-order valence-corrected chi connectivity index (χ1v) is 11.3. The fourth-order valence-electron chi connectivity index (χ4n) is 4.55. The molecule has 2 aromatic carbocycles. The highest BCUT2D eigenvalue weighted by atomic mass is 19.1. The number of carbonyl (C=O) groups excluding carboxylic acids is 2. The van der Waals surface area contributed by atoms with E-state index in [0.29, 0.717) is 49.5 Å². The van der Waals surface area contributed by atoms with E-state index < -0.39 is 0 Å². The molecule has 2 aliphatic heterocycles. The minimum Gasteiger partial charge on any atom is -0.385 e. The number of amides is 2. The number of carbonyl (C=O) groups is 2. The van der Waals surface area contributed by atoms with E-state index in [2.05, 4.69) is 36.9 Å². The summed E-state index contributed by atoms with van der Waals surface area (Å²) >= 11 is 0. The van der Waals surface area contributed by atoms with E-state index in [0.717, 1.165) is 13.1 Å². The number of benzene rings is 2. The van der Waals surface area contributed by atoms with Crippen molar-refractivity contribution in [1.29, 1.82) is 0 Å². The highest BCUT2D eigenvalue weighted by molar-refractivity contribution is 6.35. The summed E-state index contributed by atoms with van der Waals surface area (Å²) in [6, 6.07) is 12.1. The third-order valence-electron chi connectivity index (χ3n) is 6.52. The normalized spacial score (nSPS) is 16.9. The Morgan fingerprint density at radius 1 is 0.909 bits per heavy atom. The number of halogens is 1. The molecule has 0 unspecified atom stereocenters. The molecule has 0 spiro atoms. The van der Waals surface area contributed by atoms with E-state index in [-0.39, 0.29) is 17.6 Å². The van der Waals surface area contributed by atoms with Gasteiger partial charge in [0, 0.05) is 52.1 Å². The van der Waals surface area contributed by atoms with Gasteiger partial charge in [0.15, 0.2) is 0 Å². The largest absolute Gasteiger partial charge is 0.385 e. The molecular formula is C26H30FN3O3. The lowest BCUT2D eigenvalue weighted by molar-refractivity contribution is -0.137. The molecule has 2 aromatic rings. The second-order valence-electron chi connectivity index (χ2n) is 8.53. The van der Waals surface area contributed by atoms with Crippen molar-refractivity contribution in [2.24, 2.45) is 0 Å². The molecular weight excluding hydrogens is 421 g/mol. The molecule has 1 saturated heterocycles. The molecule has 0 saturated carbocycles. The number of anilines is 1. The van der Waals surface area contributed by atoms with Crippen molar-refractivity contribution < 1.29 is 18.7 Å². The maximum atomic E-state index is 13.5. The first kappa shape index (κ1) is 23.0. The maximum absolute atomic E-state index is 13.5. The lowest BCUT2D eigenvalue weighted by Gasteiger charge is -2.38. The van der Waals surface area contributed by atoms with Gasteiger partial charge in [0.25, 0.3) is 11.8 Å². The Bertz CT molecular complexity index is 1070. The molecule has 0 aromatic heterocycles. The molecule has 0 atom stereocenters. The summed E-state index contributed by atoms with van der Waals surface area (Å²) in [7, 11) is 1.59. The van der Waals surface area contributed by atoms with Gasteiger partial charge in [-0.05, 0) is 55.2 Å². The van der Waals surface area contributed by atoms with Crippen molar-refractivity contribution in [1.82, 2.24) is 9.80 Å². The van der Waals surface area contributed by atoms with Crippen LogP contribution in [0.25, 0.3) is 5.57 Å². The SMILES string of the molecule is COCCCN1C(=O)C(c2ccc(F)cc2)=C(N2CCN(c3cccc(C)c3C)CC2)C1=O. The molecule has 4 rings (SSSR count). The highest BCUT2D eigenvalue weighted by Gasteiger charge is 2.41. The zero-order chi connectivity index (χ0) is 23.5. The Balaban J connectivity index is 1.61. The molecule has 0 radical (unpaired) electrons. The van der Waals surface area contributed by atoms with Crippen molar-refractivity contribution in [2.45, 2.75) is 20.3 Å². The molecule has 2 heterocycles. The predicted molar refractivity (Wildman–Crippen MR) is 126 cm³/mol. The number of methoxy groups -OCH3 is 1. The van der Waals surface area contributed by atoms with Crippen LogP contribution in [-0.2, 0) is 14.3 Å². The van der Waals surface area contributed by atoms with Crippen LogP contribution in [0.2, 0.25) is 0 Å². The third kappa shape index (κ3) is 4.50. The molecule has 1 fully saturated rings. The fourth-order valence-corrected chi connectivity index (χ4v) is 4.55. The van der Waals surface area contributed by atoms with E-state index in [1.165, 1.54) is 33.8 Å². The van der Waals surface area contributed by atoms with Gasteiger partial charge in [0.1, 0.15) is 11.5 Å². The van der Waals surface area contributed by atoms with E-state index in [1.807, 2.05) is 4.90 Å². The molecule has 2 amide bonds. The van der Waals surface area contributed by atoms with Gasteiger partial charge in [-0.15, -0.1) is 0 Å². The van der Waals surface area contributed by atoms with Crippen molar-refractivity contribution in [3.63, 3.8) is 0 Å². The predicted octanol–water partition coefficient (Wildman–Crippen LogP) is 3.38. The smallest absolute Gasteiger partial charge is 0.277 e. The average Bonchev–Trinajstić information content (AvgIpc) is 3.06. The number of ether oxygens (including phenoxy) is 1. The maximum Gasteiger partial charge on any atom is 0.277 e. The van der Waals surface area contributed by atoms with Crippen LogP contribution in [0.5, 0.6) is 0 Å². The van der Waals surface area contributed by atoms with Gasteiger partial charge in [0.2, 0.25) is 0 Å². The second-order valence-corrected chi connectivity index (χ2v) is 8.53. The van der Waals surface area contributed by atoms with Crippen LogP contribution in [0.1, 0.15) is 23.1 Å². The first-order valence-electron chi connectivity index (χ1n) is 11.3. The van der Waals surface area contributed by atoms with E-state index >= 15 is 0 Å². The molecule has 0 bridgehead atoms. The summed E-state index contributed by atoms with van der Waals surface area (Å²) in [4.78, 5) is 32.3. The Hall–Kier alpha value is -3.19. The Morgan fingerprint density at radius 3 is 2.24 bits per heavy atom. The molecule has 33 heavy (non-hydrogen) atoms. The monoisotopic (exact) mass is 451 g/mol. The lowest BCUT2D eigenvalue weighted by Crippen LogP contribution is -2.48. The summed E-state index contributed by atoms with van der Waals surface area (Å²) < 4.78 is 18.6. The Labute approximate surface area is 194 Å². The van der Waals surface area contributed by atoms with Crippen molar-refractivity contribution >= 4 is 23.1 Å². The average molecular weight is 452 g/mol. The van der Waals surface area contributed by atoms with Gasteiger partial charge < -0.3 is 14.5 Å². The standard InChI is InChI=1S/C26H30FN3O3/c1-18-6-4-7-22(19(18)2)28-13-15-29(16-14-28)24-23(20-8-10-21(27)11-9-20)25(31)30(26(24)32)12-5-17-33-3/h4,6-11H,5,12-17H2,1-3H3. The number of imide groups is 1. The number of aryl methyl sites for hydroxylation is 1. The van der Waals surface area contributed by atoms with E-state index in [1.54, 1.807) is 19.2 Å². The van der Waals surface area contributed by atoms with Gasteiger partial charge in [-0.25, -0.2) is 4.39 Å². The second kappa shape index (κ2) is 9.75. The van der Waals surface area contributed by atoms with Gasteiger partial charge >= 0.3 is 0 Å². The van der Waals surface area contributed by atoms with E-state index in [4.69, 9.17) is 4.74 Å². The van der Waals surface area contributed by atoms with Crippen molar-refractivity contribution in [3.05, 3.63) is 70.7 Å². The van der Waals surface area contributed by atoms with Crippen LogP contribution >= 0.6 is 0 Å². The number of piperazine rings is 1. The minimum absolute atomic E-state index is 0.282. The summed E-state index contributed by atoms with van der Waals surface area (Å²) in [6.45, 7) is 7.73. The zero-order valence-electron chi connectivity index (χ0n) is 19.4. The zero-order valence-corrected chi connectivity index (χ0v) is 19.4. The number of nitrogens with zero attached hydrogens (tertiary/aromatic N) is 3. The van der Waals surface area contributed by atoms with Crippen molar-refractivity contribution in [3.8, 4) is 0 Å². The Morgan fingerprint density at radius 2 is 1.58 bits per heavy atom. The van der Waals surface area contributed by atoms with Gasteiger partial charge in [0.05, 0.1) is 5.57 Å². The van der Waals surface area contributed by atoms with Gasteiger partial charge in [-0.1, -0.05) is 24.3 Å². The van der Waals surface area contributed by atoms with E-state index in [9.17, 15) is 14.0 Å². The van der Waals surface area contributed by atoms with Crippen LogP contribution in [0.15, 0.2) is 48.2 Å². The Kier molecular flexibility index (Phi) is 6.79. The summed E-state index contributed by atoms with van der Waals surface area (Å²) in [5.41, 5.74) is 5.06. The van der Waals surface area contributed by atoms with Gasteiger partial charge in [-0.3, -0.25) is 14.5 Å².